The van der Waals surface area contributed by atoms with Gasteiger partial charge in [0.15, 0.2) is 0 Å². The average molecular weight is 219 g/mol. The molecule has 1 heterocycles. The molecule has 0 aliphatic carbocycles. The zero-order valence-electron chi connectivity index (χ0n) is 7.12. The zero-order valence-corrected chi connectivity index (χ0v) is 8.70. The number of rotatable bonds is 5. The van der Waals surface area contributed by atoms with Gasteiger partial charge in [-0.1, -0.05) is 11.6 Å². The Morgan fingerprint density at radius 3 is 2.85 bits per heavy atom. The van der Waals surface area contributed by atoms with E-state index in [0.717, 1.165) is 23.6 Å². The lowest BCUT2D eigenvalue weighted by Gasteiger charge is -1.95. The van der Waals surface area contributed by atoms with Crippen LogP contribution in [0.5, 0.6) is 0 Å². The highest BCUT2D eigenvalue weighted by Gasteiger charge is 1.99. The third-order valence-corrected chi connectivity index (χ3v) is 2.87. The van der Waals surface area contributed by atoms with Crippen LogP contribution in [-0.2, 0) is 11.2 Å². The first kappa shape index (κ1) is 10.5. The van der Waals surface area contributed by atoms with Gasteiger partial charge in [0.25, 0.3) is 0 Å². The molecule has 0 saturated carbocycles. The molecule has 13 heavy (non-hydrogen) atoms. The van der Waals surface area contributed by atoms with E-state index in [0.29, 0.717) is 0 Å². The topological polar surface area (TPSA) is 37.3 Å². The Balaban J connectivity index is 2.16. The summed E-state index contributed by atoms with van der Waals surface area (Å²) in [5, 5.41) is 10.4. The number of unbranched alkanes of at least 4 members (excludes halogenated alkanes) is 1. The average Bonchev–Trinajstić information content (AvgIpc) is 2.45. The van der Waals surface area contributed by atoms with Crippen molar-refractivity contribution in [2.45, 2.75) is 25.7 Å². The molecule has 0 aliphatic rings. The van der Waals surface area contributed by atoms with Crippen LogP contribution in [0, 0.1) is 0 Å². The number of thiophene rings is 1. The first-order chi connectivity index (χ1) is 6.18. The maximum Gasteiger partial charge on any atom is 0.303 e. The van der Waals surface area contributed by atoms with Gasteiger partial charge in [0, 0.05) is 6.42 Å². The van der Waals surface area contributed by atoms with E-state index in [2.05, 4.69) is 0 Å². The van der Waals surface area contributed by atoms with Crippen molar-refractivity contribution in [3.63, 3.8) is 0 Å². The van der Waals surface area contributed by atoms with E-state index < -0.39 is 5.97 Å². The number of aliphatic carboxylic acids is 1. The minimum atomic E-state index is -0.719. The first-order valence-electron chi connectivity index (χ1n) is 4.13. The number of carbonyl (C=O) groups is 1. The Hall–Kier alpha value is -0.540. The van der Waals surface area contributed by atoms with Crippen molar-refractivity contribution >= 4 is 28.9 Å². The lowest BCUT2D eigenvalue weighted by Crippen LogP contribution is -1.94. The predicted molar refractivity (Wildman–Crippen MR) is 54.5 cm³/mol. The Labute approximate surface area is 86.2 Å². The molecule has 4 heteroatoms. The van der Waals surface area contributed by atoms with Gasteiger partial charge in [0.2, 0.25) is 0 Å². The van der Waals surface area contributed by atoms with Crippen LogP contribution < -0.4 is 0 Å². The number of halogens is 1. The molecule has 0 radical (unpaired) electrons. The quantitative estimate of drug-likeness (QED) is 0.771. The molecule has 0 unspecified atom stereocenters. The van der Waals surface area contributed by atoms with E-state index in [9.17, 15) is 4.79 Å². The van der Waals surface area contributed by atoms with E-state index in [1.165, 1.54) is 16.9 Å². The van der Waals surface area contributed by atoms with Crippen LogP contribution in [0.4, 0.5) is 0 Å². The molecular weight excluding hydrogens is 208 g/mol. The molecule has 0 atom stereocenters. The Kier molecular flexibility index (Phi) is 4.25. The van der Waals surface area contributed by atoms with Gasteiger partial charge in [0.1, 0.15) is 0 Å². The highest BCUT2D eigenvalue weighted by Crippen LogP contribution is 2.21. The largest absolute Gasteiger partial charge is 0.481 e. The van der Waals surface area contributed by atoms with Gasteiger partial charge < -0.3 is 5.11 Å². The Morgan fingerprint density at radius 2 is 2.31 bits per heavy atom. The molecule has 0 aromatic carbocycles. The third-order valence-electron chi connectivity index (χ3n) is 1.73. The molecule has 1 aromatic heterocycles. The van der Waals surface area contributed by atoms with Crippen LogP contribution in [0.3, 0.4) is 0 Å². The van der Waals surface area contributed by atoms with Gasteiger partial charge in [-0.15, -0.1) is 11.3 Å². The van der Waals surface area contributed by atoms with Gasteiger partial charge in [-0.25, -0.2) is 0 Å². The predicted octanol–water partition coefficient (Wildman–Crippen LogP) is 3.20. The highest BCUT2D eigenvalue weighted by molar-refractivity contribution is 7.14. The molecule has 1 N–H and O–H groups in total. The summed E-state index contributed by atoms with van der Waals surface area (Å²) in [5.74, 6) is -0.719. The fourth-order valence-electron chi connectivity index (χ4n) is 1.08. The summed E-state index contributed by atoms with van der Waals surface area (Å²) >= 11 is 7.27. The van der Waals surface area contributed by atoms with Gasteiger partial charge in [-0.05, 0) is 36.3 Å². The lowest BCUT2D eigenvalue weighted by atomic mass is 10.1. The number of carboxylic acids is 1. The standard InChI is InChI=1S/C9H11ClO2S/c10-8-5-7(6-13-8)3-1-2-4-9(11)12/h5-6H,1-4H2,(H,11,12). The summed E-state index contributed by atoms with van der Waals surface area (Å²) in [7, 11) is 0. The summed E-state index contributed by atoms with van der Waals surface area (Å²) in [5.41, 5.74) is 1.21. The van der Waals surface area contributed by atoms with Crippen LogP contribution in [0.2, 0.25) is 4.34 Å². The number of hydrogen-bond donors (Lipinski definition) is 1. The highest BCUT2D eigenvalue weighted by atomic mass is 35.5. The summed E-state index contributed by atoms with van der Waals surface area (Å²) in [4.78, 5) is 10.2. The van der Waals surface area contributed by atoms with Gasteiger partial charge >= 0.3 is 5.97 Å². The summed E-state index contributed by atoms with van der Waals surface area (Å²) < 4.78 is 0.799. The third kappa shape index (κ3) is 4.29. The molecular formula is C9H11ClO2S. The molecule has 0 amide bonds. The minimum Gasteiger partial charge on any atom is -0.481 e. The lowest BCUT2D eigenvalue weighted by molar-refractivity contribution is -0.137. The van der Waals surface area contributed by atoms with Crippen LogP contribution >= 0.6 is 22.9 Å². The van der Waals surface area contributed by atoms with E-state index in [1.807, 2.05) is 11.4 Å². The second-order valence-electron chi connectivity index (χ2n) is 2.86. The molecule has 2 nitrogen and oxygen atoms in total. The van der Waals surface area contributed by atoms with Gasteiger partial charge in [-0.2, -0.15) is 0 Å². The molecule has 0 aliphatic heterocycles. The fraction of sp³-hybridized carbons (Fsp3) is 0.444. The fourth-order valence-corrected chi connectivity index (χ4v) is 2.03. The second-order valence-corrected chi connectivity index (χ2v) is 4.40. The number of aryl methyl sites for hydroxylation is 1. The normalized spacial score (nSPS) is 10.2. The van der Waals surface area contributed by atoms with Crippen molar-refractivity contribution in [1.82, 2.24) is 0 Å². The van der Waals surface area contributed by atoms with Crippen LogP contribution in [0.25, 0.3) is 0 Å². The SMILES string of the molecule is O=C(O)CCCCc1csc(Cl)c1. The van der Waals surface area contributed by atoms with E-state index in [-0.39, 0.29) is 6.42 Å². The van der Waals surface area contributed by atoms with Crippen molar-refractivity contribution in [3.05, 3.63) is 21.3 Å². The summed E-state index contributed by atoms with van der Waals surface area (Å²) in [6.07, 6.45) is 2.84. The summed E-state index contributed by atoms with van der Waals surface area (Å²) in [6.45, 7) is 0. The minimum absolute atomic E-state index is 0.262. The van der Waals surface area contributed by atoms with Gasteiger partial charge in [0.05, 0.1) is 4.34 Å². The van der Waals surface area contributed by atoms with Crippen molar-refractivity contribution in [2.75, 3.05) is 0 Å². The second kappa shape index (κ2) is 5.25. The molecule has 0 spiro atoms. The first-order valence-corrected chi connectivity index (χ1v) is 5.39. The van der Waals surface area contributed by atoms with Crippen molar-refractivity contribution in [1.29, 1.82) is 0 Å². The smallest absolute Gasteiger partial charge is 0.303 e. The maximum absolute atomic E-state index is 10.2. The zero-order chi connectivity index (χ0) is 9.68. The van der Waals surface area contributed by atoms with E-state index in [4.69, 9.17) is 16.7 Å². The number of carboxylic acid groups (broad SMARTS) is 1. The molecule has 0 bridgehead atoms. The monoisotopic (exact) mass is 218 g/mol. The van der Waals surface area contributed by atoms with E-state index in [1.54, 1.807) is 0 Å². The molecule has 1 aromatic rings. The van der Waals surface area contributed by atoms with Crippen molar-refractivity contribution in [3.8, 4) is 0 Å². The molecule has 0 fully saturated rings. The van der Waals surface area contributed by atoms with Crippen LogP contribution in [-0.4, -0.2) is 11.1 Å². The number of hydrogen-bond acceptors (Lipinski definition) is 2. The van der Waals surface area contributed by atoms with Crippen molar-refractivity contribution in [2.24, 2.45) is 0 Å². The van der Waals surface area contributed by atoms with Gasteiger partial charge in [-0.3, -0.25) is 4.79 Å². The Bertz CT molecular complexity index is 283. The van der Waals surface area contributed by atoms with E-state index >= 15 is 0 Å². The Morgan fingerprint density at radius 1 is 1.54 bits per heavy atom. The van der Waals surface area contributed by atoms with Crippen LogP contribution in [0.1, 0.15) is 24.8 Å². The summed E-state index contributed by atoms with van der Waals surface area (Å²) in [6, 6.07) is 1.94. The molecule has 0 saturated heterocycles. The van der Waals surface area contributed by atoms with Crippen LogP contribution in [0.15, 0.2) is 11.4 Å². The maximum atomic E-state index is 10.2. The molecule has 1 rings (SSSR count). The van der Waals surface area contributed by atoms with Crippen molar-refractivity contribution < 1.29 is 9.90 Å². The molecule has 72 valence electrons.